The van der Waals surface area contributed by atoms with Crippen LogP contribution in [-0.4, -0.2) is 33.8 Å². The molecule has 2 heterocycles. The molecule has 1 aliphatic heterocycles. The molecule has 0 saturated carbocycles. The Labute approximate surface area is 198 Å². The van der Waals surface area contributed by atoms with Gasteiger partial charge >= 0.3 is 0 Å². The Morgan fingerprint density at radius 1 is 1.22 bits per heavy atom. The van der Waals surface area contributed by atoms with E-state index in [1.54, 1.807) is 7.11 Å². The van der Waals surface area contributed by atoms with Crippen molar-refractivity contribution >= 4 is 34.5 Å². The first-order valence-corrected chi connectivity index (χ1v) is 11.2. The molecule has 0 amide bonds. The molecule has 8 heteroatoms. The van der Waals surface area contributed by atoms with E-state index in [1.807, 2.05) is 55.5 Å². The van der Waals surface area contributed by atoms with Crippen LogP contribution in [0.15, 0.2) is 58.8 Å². The van der Waals surface area contributed by atoms with Crippen LogP contribution in [0.1, 0.15) is 38.3 Å². The normalized spacial score (nSPS) is 16.5. The third-order valence-corrected chi connectivity index (χ3v) is 5.88. The second-order valence-corrected chi connectivity index (χ2v) is 8.92. The number of allylic oxidation sites excluding steroid dienone is 1. The lowest BCUT2D eigenvalue weighted by Crippen LogP contribution is -2.47. The number of methoxy groups -OCH3 is 1. The van der Waals surface area contributed by atoms with E-state index >= 15 is 0 Å². The summed E-state index contributed by atoms with van der Waals surface area (Å²) in [5, 5.41) is 8.98. The Bertz CT molecular complexity index is 1170. The summed E-state index contributed by atoms with van der Waals surface area (Å²) in [6.45, 7) is 7.14. The molecule has 6 nitrogen and oxygen atoms in total. The van der Waals surface area contributed by atoms with Crippen LogP contribution < -0.4 is 10.1 Å². The Morgan fingerprint density at radius 3 is 2.72 bits per heavy atom. The summed E-state index contributed by atoms with van der Waals surface area (Å²) in [7, 11) is 1.65. The molecule has 1 unspecified atom stereocenters. The number of hydrogen-bond acceptors (Lipinski definition) is 5. The molecule has 1 N–H and O–H groups in total. The number of nitrogens with one attached hydrogen (secondary N) is 1. The van der Waals surface area contributed by atoms with Crippen LogP contribution in [0.4, 0.5) is 0 Å². The van der Waals surface area contributed by atoms with Gasteiger partial charge < -0.3 is 19.5 Å². The molecule has 1 atom stereocenters. The number of halogens is 1. The molecule has 4 rings (SSSR count). The highest BCUT2D eigenvalue weighted by atomic mass is 35.5. The summed E-state index contributed by atoms with van der Waals surface area (Å²) >= 11 is 11.9. The molecule has 3 aromatic rings. The van der Waals surface area contributed by atoms with Crippen molar-refractivity contribution in [3.63, 3.8) is 0 Å². The largest absolute Gasteiger partial charge is 0.497 e. The fourth-order valence-corrected chi connectivity index (χ4v) is 4.31. The molecule has 0 spiro atoms. The lowest BCUT2D eigenvalue weighted by atomic mass is 9.94. The lowest BCUT2D eigenvalue weighted by molar-refractivity contribution is 0.385. The maximum atomic E-state index is 6.15. The van der Waals surface area contributed by atoms with Gasteiger partial charge in [0.1, 0.15) is 5.75 Å². The molecule has 0 bridgehead atoms. The van der Waals surface area contributed by atoms with E-state index < -0.39 is 0 Å². The highest BCUT2D eigenvalue weighted by Crippen LogP contribution is 2.38. The van der Waals surface area contributed by atoms with E-state index in [9.17, 15) is 0 Å². The SMILES string of the molecule is COc1cccc(C2NC(=S)N(CC(C)C)C(C)=C2c2nc(-c3cccc(Cl)c3)no2)c1. The van der Waals surface area contributed by atoms with E-state index in [-0.39, 0.29) is 6.04 Å². The summed E-state index contributed by atoms with van der Waals surface area (Å²) in [4.78, 5) is 6.81. The zero-order chi connectivity index (χ0) is 22.8. The number of benzene rings is 2. The van der Waals surface area contributed by atoms with Crippen LogP contribution in [-0.2, 0) is 0 Å². The first kappa shape index (κ1) is 22.3. The first-order valence-electron chi connectivity index (χ1n) is 10.4. The molecule has 2 aromatic carbocycles. The fourth-order valence-electron chi connectivity index (χ4n) is 3.79. The molecule has 0 aliphatic carbocycles. The van der Waals surface area contributed by atoms with E-state index in [0.29, 0.717) is 27.8 Å². The Hall–Kier alpha value is -2.90. The predicted molar refractivity (Wildman–Crippen MR) is 130 cm³/mol. The van der Waals surface area contributed by atoms with E-state index in [0.717, 1.165) is 34.7 Å². The fraction of sp³-hybridized carbons (Fsp3) is 0.292. The van der Waals surface area contributed by atoms with Crippen LogP contribution in [0.5, 0.6) is 5.75 Å². The monoisotopic (exact) mass is 468 g/mol. The number of nitrogens with zero attached hydrogens (tertiary/aromatic N) is 3. The standard InChI is InChI=1S/C24H25ClN4O2S/c1-14(2)13-29-15(3)20(21(26-24(29)32)16-7-6-10-19(12-16)30-4)23-27-22(28-31-23)17-8-5-9-18(25)11-17/h5-12,14,21H,13H2,1-4H3,(H,26,32). The van der Waals surface area contributed by atoms with Crippen molar-refractivity contribution in [1.82, 2.24) is 20.4 Å². The lowest BCUT2D eigenvalue weighted by Gasteiger charge is -2.38. The van der Waals surface area contributed by atoms with Crippen molar-refractivity contribution in [1.29, 1.82) is 0 Å². The molecule has 0 saturated heterocycles. The van der Waals surface area contributed by atoms with Crippen molar-refractivity contribution in [2.45, 2.75) is 26.8 Å². The summed E-state index contributed by atoms with van der Waals surface area (Å²) < 4.78 is 11.2. The van der Waals surface area contributed by atoms with Crippen molar-refractivity contribution in [2.24, 2.45) is 5.92 Å². The quantitative estimate of drug-likeness (QED) is 0.464. The minimum atomic E-state index is -0.256. The van der Waals surface area contributed by atoms with Gasteiger partial charge in [-0.25, -0.2) is 0 Å². The number of aromatic nitrogens is 2. The third kappa shape index (κ3) is 4.49. The van der Waals surface area contributed by atoms with Crippen molar-refractivity contribution in [3.8, 4) is 17.1 Å². The number of ether oxygens (including phenoxy) is 1. The molecule has 166 valence electrons. The van der Waals surface area contributed by atoms with Gasteiger partial charge in [0.2, 0.25) is 5.82 Å². The zero-order valence-corrected chi connectivity index (χ0v) is 20.0. The average Bonchev–Trinajstić information content (AvgIpc) is 3.26. The molecule has 0 radical (unpaired) electrons. The number of rotatable bonds is 6. The van der Waals surface area contributed by atoms with Crippen molar-refractivity contribution < 1.29 is 9.26 Å². The number of thiocarbonyl (C=S) groups is 1. The molecular weight excluding hydrogens is 444 g/mol. The van der Waals surface area contributed by atoms with Crippen molar-refractivity contribution in [3.05, 3.63) is 70.7 Å². The first-order chi connectivity index (χ1) is 15.4. The Kier molecular flexibility index (Phi) is 6.48. The predicted octanol–water partition coefficient (Wildman–Crippen LogP) is 5.72. The van der Waals surface area contributed by atoms with Gasteiger partial charge in [0.15, 0.2) is 5.11 Å². The summed E-state index contributed by atoms with van der Waals surface area (Å²) in [5.74, 6) is 2.11. The summed E-state index contributed by atoms with van der Waals surface area (Å²) in [6, 6.07) is 15.0. The van der Waals surface area contributed by atoms with Crippen LogP contribution in [0.3, 0.4) is 0 Å². The van der Waals surface area contributed by atoms with E-state index in [4.69, 9.17) is 38.1 Å². The average molecular weight is 469 g/mol. The van der Waals surface area contributed by atoms with Crippen LogP contribution in [0.2, 0.25) is 5.02 Å². The smallest absolute Gasteiger partial charge is 0.258 e. The highest BCUT2D eigenvalue weighted by Gasteiger charge is 2.34. The minimum Gasteiger partial charge on any atom is -0.497 e. The summed E-state index contributed by atoms with van der Waals surface area (Å²) in [6.07, 6.45) is 0. The second-order valence-electron chi connectivity index (χ2n) is 8.10. The van der Waals surface area contributed by atoms with Crippen molar-refractivity contribution in [2.75, 3.05) is 13.7 Å². The van der Waals surface area contributed by atoms with Gasteiger partial charge in [-0.1, -0.05) is 54.9 Å². The minimum absolute atomic E-state index is 0.256. The van der Waals surface area contributed by atoms with Gasteiger partial charge in [-0.05, 0) is 54.9 Å². The highest BCUT2D eigenvalue weighted by molar-refractivity contribution is 7.80. The summed E-state index contributed by atoms with van der Waals surface area (Å²) in [5.41, 5.74) is 3.65. The topological polar surface area (TPSA) is 63.4 Å². The van der Waals surface area contributed by atoms with Gasteiger partial charge in [0, 0.05) is 22.8 Å². The van der Waals surface area contributed by atoms with Crippen LogP contribution in [0.25, 0.3) is 17.0 Å². The molecule has 1 aliphatic rings. The second kappa shape index (κ2) is 9.30. The molecule has 0 fully saturated rings. The van der Waals surface area contributed by atoms with E-state index in [1.165, 1.54) is 0 Å². The van der Waals surface area contributed by atoms with Gasteiger partial charge in [0.05, 0.1) is 18.7 Å². The van der Waals surface area contributed by atoms with Gasteiger partial charge in [-0.2, -0.15) is 4.98 Å². The third-order valence-electron chi connectivity index (χ3n) is 5.31. The maximum Gasteiger partial charge on any atom is 0.258 e. The molecule has 1 aromatic heterocycles. The Morgan fingerprint density at radius 2 is 2.00 bits per heavy atom. The van der Waals surface area contributed by atoms with Gasteiger partial charge in [-0.3, -0.25) is 0 Å². The van der Waals surface area contributed by atoms with Crippen LogP contribution >= 0.6 is 23.8 Å². The molecular formula is C24H25ClN4O2S. The molecule has 32 heavy (non-hydrogen) atoms. The van der Waals surface area contributed by atoms with Gasteiger partial charge in [-0.15, -0.1) is 0 Å². The van der Waals surface area contributed by atoms with Gasteiger partial charge in [0.25, 0.3) is 5.89 Å². The zero-order valence-electron chi connectivity index (χ0n) is 18.4. The maximum absolute atomic E-state index is 6.15. The van der Waals surface area contributed by atoms with E-state index in [2.05, 4.69) is 29.2 Å². The number of hydrogen-bond donors (Lipinski definition) is 1. The Balaban J connectivity index is 1.83. The van der Waals surface area contributed by atoms with Crippen LogP contribution in [0, 0.1) is 5.92 Å².